The molecule has 0 N–H and O–H groups in total. The Kier molecular flexibility index (Phi) is 7.30. The molecule has 0 aliphatic rings. The van der Waals surface area contributed by atoms with E-state index in [2.05, 4.69) is 56.2 Å². The van der Waals surface area contributed by atoms with E-state index in [4.69, 9.17) is 0 Å². The van der Waals surface area contributed by atoms with E-state index in [-0.39, 0.29) is 0 Å². The van der Waals surface area contributed by atoms with E-state index in [1.165, 1.54) is 10.5 Å². The summed E-state index contributed by atoms with van der Waals surface area (Å²) < 4.78 is 1.03. The van der Waals surface area contributed by atoms with Crippen molar-refractivity contribution in [2.45, 2.75) is 24.5 Å². The van der Waals surface area contributed by atoms with Gasteiger partial charge in [0.15, 0.2) is 0 Å². The number of aryl methyl sites for hydroxylation is 2. The number of hydrogen-bond donors (Lipinski definition) is 0. The molecule has 0 saturated carbocycles. The van der Waals surface area contributed by atoms with Crippen molar-refractivity contribution in [1.82, 2.24) is 9.97 Å². The van der Waals surface area contributed by atoms with Gasteiger partial charge >= 0.3 is 0 Å². The molecule has 0 unspecified atom stereocenters. The average Bonchev–Trinajstić information content (AvgIpc) is 2.59. The fourth-order valence-corrected chi connectivity index (χ4v) is 2.78. The number of halogens is 1. The summed E-state index contributed by atoms with van der Waals surface area (Å²) in [7, 11) is 0. The molecule has 0 saturated heterocycles. The largest absolute Gasteiger partial charge is 0.260 e. The lowest BCUT2D eigenvalue weighted by atomic mass is 10.2. The maximum Gasteiger partial charge on any atom is 0.0413 e. The number of benzene rings is 1. The first kappa shape index (κ1) is 17.7. The summed E-state index contributed by atoms with van der Waals surface area (Å²) in [6.45, 7) is 3.97. The molecular weight excluding hydrogens is 368 g/mol. The van der Waals surface area contributed by atoms with Gasteiger partial charge in [-0.3, -0.25) is 9.97 Å². The van der Waals surface area contributed by atoms with Crippen LogP contribution >= 0.6 is 27.7 Å². The van der Waals surface area contributed by atoms with Crippen molar-refractivity contribution < 1.29 is 0 Å². The molecule has 4 heteroatoms. The highest BCUT2D eigenvalue weighted by molar-refractivity contribution is 9.10. The molecule has 118 valence electrons. The number of hydrogen-bond acceptors (Lipinski definition) is 3. The lowest BCUT2D eigenvalue weighted by molar-refractivity contribution is 1.15. The Balaban J connectivity index is 0.000000203. The molecule has 3 aromatic rings. The minimum absolute atomic E-state index is 1.01. The van der Waals surface area contributed by atoms with E-state index < -0.39 is 0 Å². The Hall–Kier alpha value is -1.65. The zero-order valence-electron chi connectivity index (χ0n) is 13.2. The van der Waals surface area contributed by atoms with E-state index in [1.54, 1.807) is 6.20 Å². The van der Waals surface area contributed by atoms with Crippen LogP contribution in [0.4, 0.5) is 0 Å². The molecular formula is C19H19BrN2S. The molecule has 0 aliphatic heterocycles. The van der Waals surface area contributed by atoms with Gasteiger partial charge in [-0.2, -0.15) is 0 Å². The third kappa shape index (κ3) is 6.97. The van der Waals surface area contributed by atoms with Gasteiger partial charge in [-0.25, -0.2) is 0 Å². The minimum atomic E-state index is 1.01. The number of rotatable bonds is 3. The van der Waals surface area contributed by atoms with Crippen LogP contribution in [0.15, 0.2) is 76.4 Å². The maximum atomic E-state index is 4.27. The van der Waals surface area contributed by atoms with Crippen LogP contribution in [0.2, 0.25) is 0 Å². The summed E-state index contributed by atoms with van der Waals surface area (Å²) in [6.07, 6.45) is 3.72. The van der Waals surface area contributed by atoms with Gasteiger partial charge in [0.1, 0.15) is 0 Å². The van der Waals surface area contributed by atoms with Crippen LogP contribution < -0.4 is 0 Å². The summed E-state index contributed by atoms with van der Waals surface area (Å²) in [6, 6.07) is 18.6. The van der Waals surface area contributed by atoms with Crippen LogP contribution in [0, 0.1) is 13.8 Å². The Morgan fingerprint density at radius 1 is 0.826 bits per heavy atom. The molecule has 0 spiro atoms. The Bertz CT molecular complexity index is 677. The number of thioether (sulfide) groups is 1. The molecule has 0 atom stereocenters. The third-order valence-corrected chi connectivity index (χ3v) is 4.53. The average molecular weight is 387 g/mol. The summed E-state index contributed by atoms with van der Waals surface area (Å²) in [5.41, 5.74) is 3.47. The fourth-order valence-electron chi connectivity index (χ4n) is 1.73. The van der Waals surface area contributed by atoms with Gasteiger partial charge in [-0.15, -0.1) is 11.8 Å². The predicted octanol–water partition coefficient (Wildman–Crippen LogP) is 5.83. The second-order valence-corrected chi connectivity index (χ2v) is 6.99. The molecule has 0 amide bonds. The molecule has 2 aromatic heterocycles. The van der Waals surface area contributed by atoms with Crippen molar-refractivity contribution in [2.75, 3.05) is 0 Å². The zero-order chi connectivity index (χ0) is 16.5. The highest BCUT2D eigenvalue weighted by Crippen LogP contribution is 2.21. The third-order valence-electron chi connectivity index (χ3n) is 3.01. The highest BCUT2D eigenvalue weighted by atomic mass is 79.9. The van der Waals surface area contributed by atoms with Gasteiger partial charge in [0, 0.05) is 38.9 Å². The van der Waals surface area contributed by atoms with Crippen molar-refractivity contribution in [3.63, 3.8) is 0 Å². The molecule has 23 heavy (non-hydrogen) atoms. The molecule has 0 fully saturated rings. The lowest BCUT2D eigenvalue weighted by Crippen LogP contribution is -1.82. The van der Waals surface area contributed by atoms with Crippen LogP contribution in [0.25, 0.3) is 0 Å². The van der Waals surface area contributed by atoms with E-state index in [0.29, 0.717) is 0 Å². The monoisotopic (exact) mass is 386 g/mol. The van der Waals surface area contributed by atoms with E-state index in [9.17, 15) is 0 Å². The second-order valence-electron chi connectivity index (χ2n) is 5.03. The molecule has 2 nitrogen and oxygen atoms in total. The van der Waals surface area contributed by atoms with Crippen molar-refractivity contribution >= 4 is 27.7 Å². The second kappa shape index (κ2) is 9.48. The van der Waals surface area contributed by atoms with E-state index in [1.807, 2.05) is 56.1 Å². The minimum Gasteiger partial charge on any atom is -0.260 e. The van der Waals surface area contributed by atoms with Crippen LogP contribution in [-0.4, -0.2) is 9.97 Å². The standard InChI is InChI=1S/C13H13NS.C6H6BrN/c1-11-7-8-13(9-14-11)15-10-12-5-3-2-4-6-12;1-5-2-3-6(7)4-8-5/h2-9H,10H2,1H3;2-4H,1H3. The quantitative estimate of drug-likeness (QED) is 0.529. The first-order valence-corrected chi connectivity index (χ1v) is 9.09. The summed E-state index contributed by atoms with van der Waals surface area (Å²) >= 11 is 5.10. The number of aromatic nitrogens is 2. The zero-order valence-corrected chi connectivity index (χ0v) is 15.6. The number of pyridine rings is 2. The van der Waals surface area contributed by atoms with Crippen LogP contribution in [0.1, 0.15) is 17.0 Å². The Morgan fingerprint density at radius 3 is 2.00 bits per heavy atom. The number of nitrogens with zero attached hydrogens (tertiary/aromatic N) is 2. The lowest BCUT2D eigenvalue weighted by Gasteiger charge is -2.01. The fraction of sp³-hybridized carbons (Fsp3) is 0.158. The Morgan fingerprint density at radius 2 is 1.48 bits per heavy atom. The van der Waals surface area contributed by atoms with Crippen molar-refractivity contribution in [3.05, 3.63) is 88.4 Å². The molecule has 1 aromatic carbocycles. The van der Waals surface area contributed by atoms with Crippen molar-refractivity contribution in [1.29, 1.82) is 0 Å². The van der Waals surface area contributed by atoms with Gasteiger partial charge in [0.05, 0.1) is 0 Å². The normalized spacial score (nSPS) is 9.87. The van der Waals surface area contributed by atoms with Gasteiger partial charge in [0.2, 0.25) is 0 Å². The molecule has 0 aliphatic carbocycles. The van der Waals surface area contributed by atoms with E-state index >= 15 is 0 Å². The summed E-state index contributed by atoms with van der Waals surface area (Å²) in [5, 5.41) is 0. The Labute approximate surface area is 150 Å². The van der Waals surface area contributed by atoms with Crippen molar-refractivity contribution in [2.24, 2.45) is 0 Å². The topological polar surface area (TPSA) is 25.8 Å². The van der Waals surface area contributed by atoms with Gasteiger partial charge in [-0.05, 0) is 59.6 Å². The van der Waals surface area contributed by atoms with Crippen molar-refractivity contribution in [3.8, 4) is 0 Å². The van der Waals surface area contributed by atoms with Crippen LogP contribution in [0.3, 0.4) is 0 Å². The van der Waals surface area contributed by atoms with Crippen LogP contribution in [-0.2, 0) is 5.75 Å². The smallest absolute Gasteiger partial charge is 0.0413 e. The maximum absolute atomic E-state index is 4.27. The first-order valence-electron chi connectivity index (χ1n) is 7.31. The predicted molar refractivity (Wildman–Crippen MR) is 102 cm³/mol. The molecule has 2 heterocycles. The summed E-state index contributed by atoms with van der Waals surface area (Å²) in [4.78, 5) is 9.53. The molecule has 0 bridgehead atoms. The van der Waals surface area contributed by atoms with Crippen LogP contribution in [0.5, 0.6) is 0 Å². The molecule has 0 radical (unpaired) electrons. The first-order chi connectivity index (χ1) is 11.1. The van der Waals surface area contributed by atoms with E-state index in [0.717, 1.165) is 21.6 Å². The SMILES string of the molecule is Cc1ccc(Br)cn1.Cc1ccc(SCc2ccccc2)cn1. The van der Waals surface area contributed by atoms with Gasteiger partial charge < -0.3 is 0 Å². The summed E-state index contributed by atoms with van der Waals surface area (Å²) in [5.74, 6) is 1.01. The van der Waals surface area contributed by atoms with Gasteiger partial charge in [-0.1, -0.05) is 30.3 Å². The molecule has 3 rings (SSSR count). The highest BCUT2D eigenvalue weighted by Gasteiger charge is 1.95. The van der Waals surface area contributed by atoms with Gasteiger partial charge in [0.25, 0.3) is 0 Å².